The second-order valence-corrected chi connectivity index (χ2v) is 7.03. The highest BCUT2D eigenvalue weighted by atomic mass is 35.5. The van der Waals surface area contributed by atoms with Crippen molar-refractivity contribution in [1.82, 2.24) is 15.3 Å². The summed E-state index contributed by atoms with van der Waals surface area (Å²) in [4.78, 5) is 20.4. The topological polar surface area (TPSA) is 64.1 Å². The number of halogens is 2. The van der Waals surface area contributed by atoms with Gasteiger partial charge in [0.15, 0.2) is 6.61 Å². The van der Waals surface area contributed by atoms with Crippen molar-refractivity contribution < 1.29 is 9.53 Å². The first-order valence-electron chi connectivity index (χ1n) is 8.06. The lowest BCUT2D eigenvalue weighted by atomic mass is 9.86. The first-order valence-corrected chi connectivity index (χ1v) is 8.82. The Morgan fingerprint density at radius 2 is 2.08 bits per heavy atom. The molecule has 3 rings (SSSR count). The van der Waals surface area contributed by atoms with E-state index in [2.05, 4.69) is 22.2 Å². The Labute approximate surface area is 150 Å². The molecule has 1 aromatic heterocycles. The zero-order valence-electron chi connectivity index (χ0n) is 13.4. The molecule has 1 N–H and O–H groups in total. The molecule has 1 fully saturated rings. The summed E-state index contributed by atoms with van der Waals surface area (Å²) in [7, 11) is 0. The van der Waals surface area contributed by atoms with Gasteiger partial charge in [-0.1, -0.05) is 43.0 Å². The van der Waals surface area contributed by atoms with Gasteiger partial charge in [-0.3, -0.25) is 4.79 Å². The largest absolute Gasteiger partial charge is 0.467 e. The molecule has 1 aliphatic carbocycles. The lowest BCUT2D eigenvalue weighted by Crippen LogP contribution is -2.43. The van der Waals surface area contributed by atoms with Crippen molar-refractivity contribution in [3.63, 3.8) is 0 Å². The number of hydrogen-bond acceptors (Lipinski definition) is 4. The number of nitrogens with zero attached hydrogens (tertiary/aromatic N) is 2. The van der Waals surface area contributed by atoms with Crippen LogP contribution in [0.25, 0.3) is 10.9 Å². The van der Waals surface area contributed by atoms with Crippen molar-refractivity contribution in [2.45, 2.75) is 38.6 Å². The van der Waals surface area contributed by atoms with Crippen LogP contribution in [0.3, 0.4) is 0 Å². The van der Waals surface area contributed by atoms with E-state index in [1.54, 1.807) is 12.1 Å². The lowest BCUT2D eigenvalue weighted by Gasteiger charge is -2.29. The molecule has 0 bridgehead atoms. The highest BCUT2D eigenvalue weighted by Gasteiger charge is 2.23. The van der Waals surface area contributed by atoms with Crippen LogP contribution < -0.4 is 10.1 Å². The van der Waals surface area contributed by atoms with E-state index in [1.807, 2.05) is 0 Å². The molecular weight excluding hydrogens is 349 g/mol. The third kappa shape index (κ3) is 3.90. The first kappa shape index (κ1) is 17.2. The van der Waals surface area contributed by atoms with E-state index in [4.69, 9.17) is 27.9 Å². The number of benzene rings is 1. The predicted octanol–water partition coefficient (Wildman–Crippen LogP) is 4.01. The summed E-state index contributed by atoms with van der Waals surface area (Å²) in [6.45, 7) is 2.08. The molecule has 5 nitrogen and oxygen atoms in total. The molecule has 1 saturated carbocycles. The van der Waals surface area contributed by atoms with Gasteiger partial charge in [0.2, 0.25) is 5.88 Å². The molecule has 0 spiro atoms. The number of carbonyl (C=O) groups is 1. The third-order valence-electron chi connectivity index (χ3n) is 4.42. The van der Waals surface area contributed by atoms with E-state index in [-0.39, 0.29) is 18.6 Å². The Morgan fingerprint density at radius 1 is 1.29 bits per heavy atom. The molecule has 0 aliphatic heterocycles. The summed E-state index contributed by atoms with van der Waals surface area (Å²) < 4.78 is 5.59. The van der Waals surface area contributed by atoms with Crippen LogP contribution in [0.15, 0.2) is 18.5 Å². The highest BCUT2D eigenvalue weighted by Crippen LogP contribution is 2.30. The summed E-state index contributed by atoms with van der Waals surface area (Å²) in [5, 5.41) is 4.53. The van der Waals surface area contributed by atoms with Crippen molar-refractivity contribution in [1.29, 1.82) is 0 Å². The molecular formula is C17H19Cl2N3O2. The minimum absolute atomic E-state index is 0.0978. The number of amides is 1. The maximum atomic E-state index is 12.2. The minimum atomic E-state index is -0.145. The van der Waals surface area contributed by atoms with Crippen molar-refractivity contribution in [2.75, 3.05) is 6.61 Å². The molecule has 1 aromatic carbocycles. The van der Waals surface area contributed by atoms with Crippen molar-refractivity contribution >= 4 is 40.0 Å². The second kappa shape index (κ2) is 7.53. The third-order valence-corrected chi connectivity index (χ3v) is 4.92. The second-order valence-electron chi connectivity index (χ2n) is 6.19. The molecule has 24 heavy (non-hydrogen) atoms. The number of fused-ring (bicyclic) bond motifs is 1. The molecule has 0 saturated heterocycles. The van der Waals surface area contributed by atoms with Gasteiger partial charge in [-0.15, -0.1) is 0 Å². The predicted molar refractivity (Wildman–Crippen MR) is 94.6 cm³/mol. The number of hydrogen-bond donors (Lipinski definition) is 1. The summed E-state index contributed by atoms with van der Waals surface area (Å²) in [5.41, 5.74) is 0.548. The smallest absolute Gasteiger partial charge is 0.258 e. The van der Waals surface area contributed by atoms with Crippen LogP contribution in [0.1, 0.15) is 32.6 Å². The Morgan fingerprint density at radius 3 is 2.88 bits per heavy atom. The van der Waals surface area contributed by atoms with Crippen LogP contribution >= 0.6 is 23.2 Å². The summed E-state index contributed by atoms with van der Waals surface area (Å²) >= 11 is 12.2. The van der Waals surface area contributed by atoms with Crippen LogP contribution in [-0.2, 0) is 4.79 Å². The summed E-state index contributed by atoms with van der Waals surface area (Å²) in [6.07, 6.45) is 5.93. The average molecular weight is 368 g/mol. The Balaban J connectivity index is 1.68. The summed E-state index contributed by atoms with van der Waals surface area (Å²) in [6, 6.07) is 3.51. The zero-order chi connectivity index (χ0) is 17.1. The van der Waals surface area contributed by atoms with E-state index in [0.717, 1.165) is 19.3 Å². The number of aromatic nitrogens is 2. The van der Waals surface area contributed by atoms with Gasteiger partial charge >= 0.3 is 0 Å². The maximum Gasteiger partial charge on any atom is 0.258 e. The van der Waals surface area contributed by atoms with Gasteiger partial charge in [0.05, 0.1) is 15.9 Å². The fraction of sp³-hybridized carbons (Fsp3) is 0.471. The van der Waals surface area contributed by atoms with Crippen molar-refractivity contribution in [3.8, 4) is 5.88 Å². The molecule has 0 unspecified atom stereocenters. The Bertz CT molecular complexity index is 754. The first-order chi connectivity index (χ1) is 11.5. The van der Waals surface area contributed by atoms with Crippen molar-refractivity contribution in [3.05, 3.63) is 28.5 Å². The molecule has 0 radical (unpaired) electrons. The molecule has 2 atom stereocenters. The zero-order valence-corrected chi connectivity index (χ0v) is 14.9. The standard InChI is InChI=1S/C17H19Cl2N3O2/c1-10-4-2-3-5-14(10)22-15(23)8-24-17-12-6-11(18)7-13(19)16(12)20-9-21-17/h6-7,9-10,14H,2-5,8H2,1H3,(H,22,23)/t10-,14-/m1/s1. The van der Waals surface area contributed by atoms with Crippen LogP contribution in [0, 0.1) is 5.92 Å². The van der Waals surface area contributed by atoms with Crippen LogP contribution in [0.5, 0.6) is 5.88 Å². The minimum Gasteiger partial charge on any atom is -0.467 e. The fourth-order valence-corrected chi connectivity index (χ4v) is 3.64. The molecule has 128 valence electrons. The van der Waals surface area contributed by atoms with E-state index in [1.165, 1.54) is 12.7 Å². The van der Waals surface area contributed by atoms with Gasteiger partial charge in [-0.2, -0.15) is 0 Å². The normalized spacial score (nSPS) is 20.8. The van der Waals surface area contributed by atoms with E-state index in [0.29, 0.717) is 32.7 Å². The van der Waals surface area contributed by atoms with Gasteiger partial charge < -0.3 is 10.1 Å². The molecule has 1 heterocycles. The number of ether oxygens (including phenoxy) is 1. The van der Waals surface area contributed by atoms with Gasteiger partial charge in [0.25, 0.3) is 5.91 Å². The van der Waals surface area contributed by atoms with Gasteiger partial charge in [-0.05, 0) is 30.9 Å². The molecule has 1 aliphatic rings. The fourth-order valence-electron chi connectivity index (χ4n) is 3.10. The quantitative estimate of drug-likeness (QED) is 0.886. The number of carbonyl (C=O) groups excluding carboxylic acids is 1. The van der Waals surface area contributed by atoms with Gasteiger partial charge in [-0.25, -0.2) is 9.97 Å². The molecule has 1 amide bonds. The summed E-state index contributed by atoms with van der Waals surface area (Å²) in [5.74, 6) is 0.657. The highest BCUT2D eigenvalue weighted by molar-refractivity contribution is 6.38. The monoisotopic (exact) mass is 367 g/mol. The number of nitrogens with one attached hydrogen (secondary N) is 1. The van der Waals surface area contributed by atoms with E-state index < -0.39 is 0 Å². The van der Waals surface area contributed by atoms with Crippen LogP contribution in [-0.4, -0.2) is 28.5 Å². The van der Waals surface area contributed by atoms with E-state index >= 15 is 0 Å². The average Bonchev–Trinajstić information content (AvgIpc) is 2.55. The SMILES string of the molecule is C[C@@H]1CCCC[C@H]1NC(=O)COc1ncnc2c(Cl)cc(Cl)cc12. The molecule has 2 aromatic rings. The maximum absolute atomic E-state index is 12.2. The van der Waals surface area contributed by atoms with Crippen LogP contribution in [0.2, 0.25) is 10.0 Å². The van der Waals surface area contributed by atoms with Gasteiger partial charge in [0.1, 0.15) is 6.33 Å². The van der Waals surface area contributed by atoms with Crippen LogP contribution in [0.4, 0.5) is 0 Å². The van der Waals surface area contributed by atoms with Crippen molar-refractivity contribution in [2.24, 2.45) is 5.92 Å². The Hall–Kier alpha value is -1.59. The van der Waals surface area contributed by atoms with E-state index in [9.17, 15) is 4.79 Å². The number of rotatable bonds is 4. The molecule has 7 heteroatoms. The lowest BCUT2D eigenvalue weighted by molar-refractivity contribution is -0.124. The Kier molecular flexibility index (Phi) is 5.41. The van der Waals surface area contributed by atoms with Gasteiger partial charge in [0, 0.05) is 11.1 Å².